The molecule has 0 radical (unpaired) electrons. The standard InChI is InChI=1S/C13H15BrN2O2/c1-8(17)12-10-6-9(14)4-5-11(10)16(15-12)7-13(2,3)18/h4-6,18H,7H2,1-3H3. The summed E-state index contributed by atoms with van der Waals surface area (Å²) in [5.41, 5.74) is 0.418. The van der Waals surface area contributed by atoms with Gasteiger partial charge in [0.15, 0.2) is 5.78 Å². The van der Waals surface area contributed by atoms with Crippen LogP contribution in [0, 0.1) is 0 Å². The van der Waals surface area contributed by atoms with Gasteiger partial charge in [0, 0.05) is 16.8 Å². The summed E-state index contributed by atoms with van der Waals surface area (Å²) in [5.74, 6) is -0.0763. The number of rotatable bonds is 3. The summed E-state index contributed by atoms with van der Waals surface area (Å²) in [6.07, 6.45) is 0. The Morgan fingerprint density at radius 1 is 1.50 bits per heavy atom. The van der Waals surface area contributed by atoms with Crippen molar-refractivity contribution in [1.29, 1.82) is 0 Å². The Kier molecular flexibility index (Phi) is 3.29. The number of fused-ring (bicyclic) bond motifs is 1. The minimum atomic E-state index is -0.875. The molecule has 5 heteroatoms. The number of nitrogens with zero attached hydrogens (tertiary/aromatic N) is 2. The summed E-state index contributed by atoms with van der Waals surface area (Å²) >= 11 is 3.39. The molecule has 0 aliphatic rings. The van der Waals surface area contributed by atoms with Crippen LogP contribution < -0.4 is 0 Å². The van der Waals surface area contributed by atoms with E-state index in [0.717, 1.165) is 15.4 Å². The van der Waals surface area contributed by atoms with Gasteiger partial charge >= 0.3 is 0 Å². The summed E-state index contributed by atoms with van der Waals surface area (Å²) in [6, 6.07) is 5.67. The molecule has 0 spiro atoms. The first kappa shape index (κ1) is 13.2. The molecular weight excluding hydrogens is 296 g/mol. The summed E-state index contributed by atoms with van der Waals surface area (Å²) < 4.78 is 2.58. The predicted octanol–water partition coefficient (Wildman–Crippen LogP) is 2.77. The minimum absolute atomic E-state index is 0.0763. The Hall–Kier alpha value is -1.20. The van der Waals surface area contributed by atoms with Crippen LogP contribution in [0.15, 0.2) is 22.7 Å². The summed E-state index contributed by atoms with van der Waals surface area (Å²) in [4.78, 5) is 11.6. The molecule has 0 atom stereocenters. The van der Waals surface area contributed by atoms with E-state index in [0.29, 0.717) is 12.2 Å². The van der Waals surface area contributed by atoms with Crippen molar-refractivity contribution in [3.63, 3.8) is 0 Å². The molecule has 1 aromatic heterocycles. The zero-order chi connectivity index (χ0) is 13.5. The third-order valence-electron chi connectivity index (χ3n) is 2.58. The normalized spacial score (nSPS) is 12.1. The molecule has 1 heterocycles. The van der Waals surface area contributed by atoms with Crippen molar-refractivity contribution < 1.29 is 9.90 Å². The molecule has 0 aliphatic carbocycles. The number of hydrogen-bond donors (Lipinski definition) is 1. The van der Waals surface area contributed by atoms with Crippen molar-refractivity contribution in [2.75, 3.05) is 0 Å². The first-order chi connectivity index (χ1) is 8.28. The van der Waals surface area contributed by atoms with Gasteiger partial charge in [0.25, 0.3) is 0 Å². The molecule has 0 unspecified atom stereocenters. The van der Waals surface area contributed by atoms with Crippen LogP contribution in [0.25, 0.3) is 10.9 Å². The highest BCUT2D eigenvalue weighted by molar-refractivity contribution is 9.10. The van der Waals surface area contributed by atoms with E-state index in [9.17, 15) is 9.90 Å². The predicted molar refractivity (Wildman–Crippen MR) is 73.7 cm³/mol. The maximum atomic E-state index is 11.6. The van der Waals surface area contributed by atoms with Gasteiger partial charge in [0.1, 0.15) is 5.69 Å². The second-order valence-corrected chi connectivity index (χ2v) is 5.95. The van der Waals surface area contributed by atoms with Gasteiger partial charge in [-0.1, -0.05) is 15.9 Å². The van der Waals surface area contributed by atoms with Gasteiger partial charge in [-0.15, -0.1) is 0 Å². The van der Waals surface area contributed by atoms with Crippen molar-refractivity contribution in [2.45, 2.75) is 32.9 Å². The number of ketones is 1. The highest BCUT2D eigenvalue weighted by atomic mass is 79.9. The van der Waals surface area contributed by atoms with Crippen LogP contribution in [0.4, 0.5) is 0 Å². The van der Waals surface area contributed by atoms with E-state index in [-0.39, 0.29) is 5.78 Å². The highest BCUT2D eigenvalue weighted by Gasteiger charge is 2.19. The lowest BCUT2D eigenvalue weighted by atomic mass is 10.1. The molecule has 2 aromatic rings. The summed E-state index contributed by atoms with van der Waals surface area (Å²) in [5, 5.41) is 15.0. The molecule has 18 heavy (non-hydrogen) atoms. The molecule has 0 amide bonds. The number of Topliss-reactive ketones (excluding diaryl/α,β-unsaturated/α-hetero) is 1. The van der Waals surface area contributed by atoms with Crippen LogP contribution >= 0.6 is 15.9 Å². The van der Waals surface area contributed by atoms with Crippen molar-refractivity contribution in [1.82, 2.24) is 9.78 Å². The molecular formula is C13H15BrN2O2. The smallest absolute Gasteiger partial charge is 0.180 e. The quantitative estimate of drug-likeness (QED) is 0.887. The number of aliphatic hydroxyl groups is 1. The van der Waals surface area contributed by atoms with Crippen molar-refractivity contribution >= 4 is 32.6 Å². The van der Waals surface area contributed by atoms with Crippen molar-refractivity contribution in [3.05, 3.63) is 28.4 Å². The summed E-state index contributed by atoms with van der Waals surface area (Å²) in [6.45, 7) is 5.27. The number of benzene rings is 1. The Morgan fingerprint density at radius 2 is 2.17 bits per heavy atom. The first-order valence-corrected chi connectivity index (χ1v) is 6.46. The van der Waals surface area contributed by atoms with Crippen LogP contribution in [0.2, 0.25) is 0 Å². The molecule has 0 aliphatic heterocycles. The van der Waals surface area contributed by atoms with Gasteiger partial charge in [-0.2, -0.15) is 5.10 Å². The number of hydrogen-bond acceptors (Lipinski definition) is 3. The van der Waals surface area contributed by atoms with Crippen molar-refractivity contribution in [2.24, 2.45) is 0 Å². The zero-order valence-electron chi connectivity index (χ0n) is 10.6. The first-order valence-electron chi connectivity index (χ1n) is 5.67. The van der Waals surface area contributed by atoms with E-state index in [1.807, 2.05) is 18.2 Å². The van der Waals surface area contributed by atoms with Gasteiger partial charge in [-0.05, 0) is 32.0 Å². The lowest BCUT2D eigenvalue weighted by molar-refractivity contribution is 0.0588. The fourth-order valence-electron chi connectivity index (χ4n) is 1.90. The van der Waals surface area contributed by atoms with Crippen LogP contribution in [-0.2, 0) is 6.54 Å². The minimum Gasteiger partial charge on any atom is -0.389 e. The maximum Gasteiger partial charge on any atom is 0.180 e. The highest BCUT2D eigenvalue weighted by Crippen LogP contribution is 2.24. The molecule has 0 saturated carbocycles. The second-order valence-electron chi connectivity index (χ2n) is 5.04. The van der Waals surface area contributed by atoms with Gasteiger partial charge in [-0.3, -0.25) is 9.48 Å². The monoisotopic (exact) mass is 310 g/mol. The molecule has 0 saturated heterocycles. The largest absolute Gasteiger partial charge is 0.389 e. The molecule has 2 rings (SSSR count). The van der Waals surface area contributed by atoms with E-state index in [1.54, 1.807) is 18.5 Å². The van der Waals surface area contributed by atoms with Crippen molar-refractivity contribution in [3.8, 4) is 0 Å². The maximum absolute atomic E-state index is 11.6. The SMILES string of the molecule is CC(=O)c1nn(CC(C)(C)O)c2ccc(Br)cc12. The molecule has 0 bridgehead atoms. The van der Waals surface area contributed by atoms with Gasteiger partial charge < -0.3 is 5.11 Å². The zero-order valence-corrected chi connectivity index (χ0v) is 12.2. The fraction of sp³-hybridized carbons (Fsp3) is 0.385. The van der Waals surface area contributed by atoms with Gasteiger partial charge in [0.05, 0.1) is 17.7 Å². The third kappa shape index (κ3) is 2.62. The van der Waals surface area contributed by atoms with Crippen LogP contribution in [0.3, 0.4) is 0 Å². The van der Waals surface area contributed by atoms with Crippen LogP contribution in [0.5, 0.6) is 0 Å². The molecule has 0 fully saturated rings. The average molecular weight is 311 g/mol. The number of carbonyl (C=O) groups is 1. The fourth-order valence-corrected chi connectivity index (χ4v) is 2.26. The van der Waals surface area contributed by atoms with E-state index in [2.05, 4.69) is 21.0 Å². The van der Waals surface area contributed by atoms with E-state index >= 15 is 0 Å². The Bertz CT molecular complexity index is 611. The summed E-state index contributed by atoms with van der Waals surface area (Å²) in [7, 11) is 0. The van der Waals surface area contributed by atoms with Crippen LogP contribution in [0.1, 0.15) is 31.3 Å². The van der Waals surface area contributed by atoms with E-state index in [1.165, 1.54) is 6.92 Å². The molecule has 1 N–H and O–H groups in total. The lowest BCUT2D eigenvalue weighted by Gasteiger charge is -2.17. The molecule has 1 aromatic carbocycles. The number of aromatic nitrogens is 2. The number of carbonyl (C=O) groups excluding carboxylic acids is 1. The molecule has 96 valence electrons. The van der Waals surface area contributed by atoms with Gasteiger partial charge in [-0.25, -0.2) is 0 Å². The third-order valence-corrected chi connectivity index (χ3v) is 3.08. The average Bonchev–Trinajstić information content (AvgIpc) is 2.54. The Labute approximate surface area is 114 Å². The number of halogens is 1. The van der Waals surface area contributed by atoms with E-state index in [4.69, 9.17) is 0 Å². The Morgan fingerprint density at radius 3 is 2.72 bits per heavy atom. The van der Waals surface area contributed by atoms with E-state index < -0.39 is 5.60 Å². The van der Waals surface area contributed by atoms with Gasteiger partial charge in [0.2, 0.25) is 0 Å². The topological polar surface area (TPSA) is 55.1 Å². The lowest BCUT2D eigenvalue weighted by Crippen LogP contribution is -2.26. The molecule has 4 nitrogen and oxygen atoms in total. The second kappa shape index (κ2) is 4.48. The Balaban J connectivity index is 2.65. The van der Waals surface area contributed by atoms with Crippen LogP contribution in [-0.4, -0.2) is 26.3 Å².